The van der Waals surface area contributed by atoms with Gasteiger partial charge in [-0.05, 0) is 51.0 Å². The van der Waals surface area contributed by atoms with Crippen LogP contribution < -0.4 is 5.32 Å². The van der Waals surface area contributed by atoms with E-state index in [2.05, 4.69) is 36.5 Å². The van der Waals surface area contributed by atoms with Crippen molar-refractivity contribution in [3.05, 3.63) is 16.1 Å². The summed E-state index contributed by atoms with van der Waals surface area (Å²) in [5.74, 6) is 1.73. The van der Waals surface area contributed by atoms with Crippen LogP contribution in [0.15, 0.2) is 5.38 Å². The van der Waals surface area contributed by atoms with E-state index in [4.69, 9.17) is 0 Å². The van der Waals surface area contributed by atoms with E-state index in [-0.39, 0.29) is 0 Å². The van der Waals surface area contributed by atoms with Crippen LogP contribution in [0.25, 0.3) is 0 Å². The van der Waals surface area contributed by atoms with Crippen molar-refractivity contribution >= 4 is 11.3 Å². The summed E-state index contributed by atoms with van der Waals surface area (Å²) >= 11 is 1.79. The van der Waals surface area contributed by atoms with Crippen molar-refractivity contribution in [2.75, 3.05) is 6.54 Å². The molecule has 0 aromatic carbocycles. The maximum Gasteiger partial charge on any atom is 0.0897 e. The highest BCUT2D eigenvalue weighted by molar-refractivity contribution is 7.09. The fourth-order valence-electron chi connectivity index (χ4n) is 3.56. The third kappa shape index (κ3) is 4.28. The van der Waals surface area contributed by atoms with Crippen LogP contribution in [0.3, 0.4) is 0 Å². The van der Waals surface area contributed by atoms with E-state index in [9.17, 15) is 0 Å². The Labute approximate surface area is 122 Å². The molecule has 0 radical (unpaired) electrons. The zero-order valence-electron chi connectivity index (χ0n) is 12.6. The summed E-state index contributed by atoms with van der Waals surface area (Å²) < 4.78 is 0. The van der Waals surface area contributed by atoms with Crippen molar-refractivity contribution in [3.8, 4) is 0 Å². The van der Waals surface area contributed by atoms with Gasteiger partial charge in [-0.2, -0.15) is 0 Å². The fourth-order valence-corrected chi connectivity index (χ4v) is 4.18. The van der Waals surface area contributed by atoms with Crippen LogP contribution in [0.5, 0.6) is 0 Å². The maximum absolute atomic E-state index is 4.66. The van der Waals surface area contributed by atoms with Crippen molar-refractivity contribution in [3.63, 3.8) is 0 Å². The first-order chi connectivity index (χ1) is 9.22. The summed E-state index contributed by atoms with van der Waals surface area (Å²) in [6.45, 7) is 7.74. The molecule has 0 aliphatic heterocycles. The highest BCUT2D eigenvalue weighted by Gasteiger charge is 2.30. The number of aryl methyl sites for hydroxylation is 1. The summed E-state index contributed by atoms with van der Waals surface area (Å²) in [5.41, 5.74) is 1.31. The molecule has 2 nitrogen and oxygen atoms in total. The summed E-state index contributed by atoms with van der Waals surface area (Å²) in [6, 6.07) is 0.708. The average molecular weight is 280 g/mol. The SMILES string of the molecule is CCCC1CCC(NCC)C(Cc2csc(C)n2)C1. The Hall–Kier alpha value is -0.410. The molecule has 2 rings (SSSR count). The second kappa shape index (κ2) is 7.39. The van der Waals surface area contributed by atoms with Crippen molar-refractivity contribution < 1.29 is 0 Å². The van der Waals surface area contributed by atoms with Gasteiger partial charge in [0.05, 0.1) is 10.7 Å². The molecule has 1 aromatic rings. The van der Waals surface area contributed by atoms with Crippen LogP contribution in [0.2, 0.25) is 0 Å². The highest BCUT2D eigenvalue weighted by atomic mass is 32.1. The van der Waals surface area contributed by atoms with Crippen molar-refractivity contribution in [2.24, 2.45) is 11.8 Å². The Morgan fingerprint density at radius 2 is 2.21 bits per heavy atom. The number of rotatable bonds is 6. The van der Waals surface area contributed by atoms with Crippen LogP contribution in [0.1, 0.15) is 56.7 Å². The van der Waals surface area contributed by atoms with E-state index in [0.29, 0.717) is 6.04 Å². The lowest BCUT2D eigenvalue weighted by Crippen LogP contribution is -2.41. The molecule has 19 heavy (non-hydrogen) atoms. The van der Waals surface area contributed by atoms with E-state index in [1.807, 2.05) is 0 Å². The van der Waals surface area contributed by atoms with Crippen molar-refractivity contribution in [1.82, 2.24) is 10.3 Å². The molecule has 1 aliphatic carbocycles. The van der Waals surface area contributed by atoms with E-state index in [1.165, 1.54) is 49.2 Å². The second-order valence-corrected chi connectivity index (χ2v) is 7.02. The Bertz CT molecular complexity index is 375. The second-order valence-electron chi connectivity index (χ2n) is 5.95. The third-order valence-electron chi connectivity index (χ3n) is 4.39. The molecule has 3 unspecified atom stereocenters. The predicted octanol–water partition coefficient (Wildman–Crippen LogP) is 4.19. The van der Waals surface area contributed by atoms with Gasteiger partial charge in [0.1, 0.15) is 0 Å². The van der Waals surface area contributed by atoms with Gasteiger partial charge in [-0.3, -0.25) is 0 Å². The molecule has 0 saturated heterocycles. The lowest BCUT2D eigenvalue weighted by molar-refractivity contribution is 0.194. The molecular formula is C16H28N2S. The molecule has 0 bridgehead atoms. The quantitative estimate of drug-likeness (QED) is 0.845. The van der Waals surface area contributed by atoms with Crippen LogP contribution in [-0.4, -0.2) is 17.6 Å². The van der Waals surface area contributed by atoms with Gasteiger partial charge < -0.3 is 5.32 Å². The monoisotopic (exact) mass is 280 g/mol. The van der Waals surface area contributed by atoms with Crippen LogP contribution in [-0.2, 0) is 6.42 Å². The van der Waals surface area contributed by atoms with Gasteiger partial charge in [0.15, 0.2) is 0 Å². The first-order valence-electron chi connectivity index (χ1n) is 7.87. The minimum absolute atomic E-state index is 0.708. The van der Waals surface area contributed by atoms with E-state index < -0.39 is 0 Å². The Balaban J connectivity index is 1.98. The zero-order chi connectivity index (χ0) is 13.7. The highest BCUT2D eigenvalue weighted by Crippen LogP contribution is 2.34. The maximum atomic E-state index is 4.66. The standard InChI is InChI=1S/C16H28N2S/c1-4-6-13-7-8-16(17-5-2)14(9-13)10-15-11-19-12(3)18-15/h11,13-14,16-17H,4-10H2,1-3H3. The van der Waals surface area contributed by atoms with E-state index >= 15 is 0 Å². The largest absolute Gasteiger partial charge is 0.314 e. The molecule has 1 saturated carbocycles. The normalized spacial score (nSPS) is 27.6. The number of hydrogen-bond acceptors (Lipinski definition) is 3. The van der Waals surface area contributed by atoms with Gasteiger partial charge in [-0.15, -0.1) is 11.3 Å². The van der Waals surface area contributed by atoms with Gasteiger partial charge >= 0.3 is 0 Å². The van der Waals surface area contributed by atoms with Gasteiger partial charge in [-0.25, -0.2) is 4.98 Å². The number of hydrogen-bond donors (Lipinski definition) is 1. The Morgan fingerprint density at radius 3 is 2.84 bits per heavy atom. The van der Waals surface area contributed by atoms with Crippen LogP contribution in [0.4, 0.5) is 0 Å². The predicted molar refractivity (Wildman–Crippen MR) is 83.8 cm³/mol. The molecule has 0 amide bonds. The van der Waals surface area contributed by atoms with E-state index in [0.717, 1.165) is 18.4 Å². The molecule has 1 aliphatic rings. The Kier molecular flexibility index (Phi) is 5.83. The van der Waals surface area contributed by atoms with Crippen molar-refractivity contribution in [2.45, 2.75) is 65.3 Å². The lowest BCUT2D eigenvalue weighted by Gasteiger charge is -2.36. The van der Waals surface area contributed by atoms with Crippen LogP contribution in [0, 0.1) is 18.8 Å². The number of nitrogens with zero attached hydrogens (tertiary/aromatic N) is 1. The van der Waals surface area contributed by atoms with Gasteiger partial charge in [0.25, 0.3) is 0 Å². The van der Waals surface area contributed by atoms with Crippen molar-refractivity contribution in [1.29, 1.82) is 0 Å². The van der Waals surface area contributed by atoms with Crippen LogP contribution >= 0.6 is 11.3 Å². The topological polar surface area (TPSA) is 24.9 Å². The number of aromatic nitrogens is 1. The lowest BCUT2D eigenvalue weighted by atomic mass is 9.74. The van der Waals surface area contributed by atoms with Gasteiger partial charge in [0.2, 0.25) is 0 Å². The third-order valence-corrected chi connectivity index (χ3v) is 5.21. The molecule has 1 aromatic heterocycles. The molecule has 108 valence electrons. The molecule has 3 heteroatoms. The minimum atomic E-state index is 0.708. The molecule has 1 fully saturated rings. The first kappa shape index (κ1) is 15.0. The minimum Gasteiger partial charge on any atom is -0.314 e. The summed E-state index contributed by atoms with van der Waals surface area (Å²) in [4.78, 5) is 4.66. The zero-order valence-corrected chi connectivity index (χ0v) is 13.4. The van der Waals surface area contributed by atoms with Gasteiger partial charge in [0, 0.05) is 11.4 Å². The number of nitrogens with one attached hydrogen (secondary N) is 1. The molecule has 1 heterocycles. The smallest absolute Gasteiger partial charge is 0.0897 e. The van der Waals surface area contributed by atoms with E-state index in [1.54, 1.807) is 11.3 Å². The average Bonchev–Trinajstić information content (AvgIpc) is 2.79. The van der Waals surface area contributed by atoms with Gasteiger partial charge in [-0.1, -0.05) is 26.7 Å². The fraction of sp³-hybridized carbons (Fsp3) is 0.812. The molecule has 0 spiro atoms. The molecular weight excluding hydrogens is 252 g/mol. The first-order valence-corrected chi connectivity index (χ1v) is 8.75. The summed E-state index contributed by atoms with van der Waals surface area (Å²) in [6.07, 6.45) is 8.07. The molecule has 1 N–H and O–H groups in total. The number of thiazole rings is 1. The summed E-state index contributed by atoms with van der Waals surface area (Å²) in [5, 5.41) is 7.16. The summed E-state index contributed by atoms with van der Waals surface area (Å²) in [7, 11) is 0. The molecule has 3 atom stereocenters. The Morgan fingerprint density at radius 1 is 1.37 bits per heavy atom.